The molecule has 1 fully saturated rings. The van der Waals surface area contributed by atoms with E-state index in [1.54, 1.807) is 12.1 Å². The van der Waals surface area contributed by atoms with Gasteiger partial charge in [-0.1, -0.05) is 13.8 Å². The fraction of sp³-hybridized carbons (Fsp3) is 0.600. The summed E-state index contributed by atoms with van der Waals surface area (Å²) >= 11 is 0. The van der Waals surface area contributed by atoms with Crippen LogP contribution in [0.2, 0.25) is 0 Å². The molecule has 0 amide bonds. The van der Waals surface area contributed by atoms with Crippen molar-refractivity contribution in [1.82, 2.24) is 5.32 Å². The van der Waals surface area contributed by atoms with Crippen LogP contribution in [0.1, 0.15) is 20.3 Å². The number of rotatable bonds is 3. The average Bonchev–Trinajstić information content (AvgIpc) is 2.32. The first-order chi connectivity index (χ1) is 8.53. The highest BCUT2D eigenvalue weighted by molar-refractivity contribution is 5.47. The average molecular weight is 250 g/mol. The minimum atomic E-state index is -0.164. The van der Waals surface area contributed by atoms with Crippen LogP contribution in [0.15, 0.2) is 24.3 Å². The van der Waals surface area contributed by atoms with Gasteiger partial charge < -0.3 is 10.2 Å². The first-order valence-corrected chi connectivity index (χ1v) is 6.68. The smallest absolute Gasteiger partial charge is 0.123 e. The second-order valence-corrected chi connectivity index (χ2v) is 5.93. The van der Waals surface area contributed by atoms with E-state index in [1.165, 1.54) is 6.42 Å². The van der Waals surface area contributed by atoms with Crippen molar-refractivity contribution < 1.29 is 4.39 Å². The molecule has 1 atom stereocenters. The molecule has 0 spiro atoms. The summed E-state index contributed by atoms with van der Waals surface area (Å²) in [6, 6.07) is 6.84. The van der Waals surface area contributed by atoms with Crippen molar-refractivity contribution in [3.8, 4) is 0 Å². The van der Waals surface area contributed by atoms with Crippen LogP contribution in [-0.2, 0) is 0 Å². The zero-order chi connectivity index (χ0) is 13.2. The van der Waals surface area contributed by atoms with Gasteiger partial charge >= 0.3 is 0 Å². The van der Waals surface area contributed by atoms with Gasteiger partial charge in [0.25, 0.3) is 0 Å². The Bertz CT molecular complexity index is 386. The van der Waals surface area contributed by atoms with Gasteiger partial charge in [0.2, 0.25) is 0 Å². The van der Waals surface area contributed by atoms with Crippen LogP contribution in [-0.4, -0.2) is 26.7 Å². The Kier molecular flexibility index (Phi) is 3.91. The molecule has 1 saturated heterocycles. The Hall–Kier alpha value is -1.09. The normalized spacial score (nSPS) is 23.1. The van der Waals surface area contributed by atoms with E-state index < -0.39 is 0 Å². The summed E-state index contributed by atoms with van der Waals surface area (Å²) in [5, 5.41) is 3.29. The highest BCUT2D eigenvalue weighted by Crippen LogP contribution is 2.36. The zero-order valence-electron chi connectivity index (χ0n) is 11.5. The molecule has 1 aliphatic heterocycles. The summed E-state index contributed by atoms with van der Waals surface area (Å²) in [4.78, 5) is 2.37. The molecule has 1 unspecified atom stereocenters. The molecule has 0 saturated carbocycles. The fourth-order valence-corrected chi connectivity index (χ4v) is 2.90. The molecule has 2 rings (SSSR count). The summed E-state index contributed by atoms with van der Waals surface area (Å²) in [5.41, 5.74) is 1.42. The van der Waals surface area contributed by atoms with Gasteiger partial charge in [-0.3, -0.25) is 0 Å². The van der Waals surface area contributed by atoms with Crippen molar-refractivity contribution in [2.24, 2.45) is 11.3 Å². The summed E-state index contributed by atoms with van der Waals surface area (Å²) in [7, 11) is 2.02. The van der Waals surface area contributed by atoms with Gasteiger partial charge in [0.1, 0.15) is 5.82 Å². The van der Waals surface area contributed by atoms with E-state index in [9.17, 15) is 4.39 Å². The molecule has 100 valence electrons. The Morgan fingerprint density at radius 3 is 2.56 bits per heavy atom. The molecule has 0 radical (unpaired) electrons. The third-order valence-corrected chi connectivity index (χ3v) is 4.09. The lowest BCUT2D eigenvalue weighted by Crippen LogP contribution is -2.48. The SMILES string of the molecule is CNCC1CCN(c2ccc(F)cc2)CC1(C)C. The van der Waals surface area contributed by atoms with Crippen LogP contribution in [0.25, 0.3) is 0 Å². The topological polar surface area (TPSA) is 15.3 Å². The summed E-state index contributed by atoms with van der Waals surface area (Å²) in [6.45, 7) is 7.81. The Balaban J connectivity index is 2.08. The summed E-state index contributed by atoms with van der Waals surface area (Å²) in [6.07, 6.45) is 1.19. The van der Waals surface area contributed by atoms with E-state index in [-0.39, 0.29) is 11.2 Å². The first-order valence-electron chi connectivity index (χ1n) is 6.68. The first kappa shape index (κ1) is 13.3. The monoisotopic (exact) mass is 250 g/mol. The molecule has 2 nitrogen and oxygen atoms in total. The lowest BCUT2D eigenvalue weighted by atomic mass is 9.73. The number of anilines is 1. The number of piperidine rings is 1. The minimum absolute atomic E-state index is 0.164. The number of hydrogen-bond acceptors (Lipinski definition) is 2. The maximum atomic E-state index is 12.9. The van der Waals surface area contributed by atoms with E-state index in [2.05, 4.69) is 24.1 Å². The minimum Gasteiger partial charge on any atom is -0.371 e. The van der Waals surface area contributed by atoms with Crippen LogP contribution < -0.4 is 10.2 Å². The third kappa shape index (κ3) is 2.83. The van der Waals surface area contributed by atoms with E-state index >= 15 is 0 Å². The summed E-state index contributed by atoms with van der Waals surface area (Å²) in [5.74, 6) is 0.544. The van der Waals surface area contributed by atoms with Gasteiger partial charge in [-0.2, -0.15) is 0 Å². The second kappa shape index (κ2) is 5.27. The fourth-order valence-electron chi connectivity index (χ4n) is 2.90. The predicted molar refractivity (Wildman–Crippen MR) is 74.4 cm³/mol. The lowest BCUT2D eigenvalue weighted by Gasteiger charge is -2.45. The zero-order valence-corrected chi connectivity index (χ0v) is 11.5. The van der Waals surface area contributed by atoms with Crippen molar-refractivity contribution >= 4 is 5.69 Å². The quantitative estimate of drug-likeness (QED) is 0.887. The molecular formula is C15H23FN2. The molecule has 0 aliphatic carbocycles. The Morgan fingerprint density at radius 1 is 1.33 bits per heavy atom. The van der Waals surface area contributed by atoms with Gasteiger partial charge in [0, 0.05) is 18.8 Å². The molecule has 1 heterocycles. The van der Waals surface area contributed by atoms with Gasteiger partial charge in [-0.05, 0) is 55.6 Å². The third-order valence-electron chi connectivity index (χ3n) is 4.09. The van der Waals surface area contributed by atoms with Crippen molar-refractivity contribution in [3.05, 3.63) is 30.1 Å². The van der Waals surface area contributed by atoms with Gasteiger partial charge in [-0.25, -0.2) is 4.39 Å². The van der Waals surface area contributed by atoms with E-state index in [4.69, 9.17) is 0 Å². The highest BCUT2D eigenvalue weighted by atomic mass is 19.1. The largest absolute Gasteiger partial charge is 0.371 e. The van der Waals surface area contributed by atoms with Crippen molar-refractivity contribution in [2.75, 3.05) is 31.6 Å². The van der Waals surface area contributed by atoms with Crippen molar-refractivity contribution in [1.29, 1.82) is 0 Å². The van der Waals surface area contributed by atoms with E-state index in [0.717, 1.165) is 25.3 Å². The van der Waals surface area contributed by atoms with Crippen LogP contribution in [0.3, 0.4) is 0 Å². The van der Waals surface area contributed by atoms with Crippen LogP contribution in [0.4, 0.5) is 10.1 Å². The van der Waals surface area contributed by atoms with Gasteiger partial charge in [-0.15, -0.1) is 0 Å². The predicted octanol–water partition coefficient (Wildman–Crippen LogP) is 2.90. The summed E-state index contributed by atoms with van der Waals surface area (Å²) < 4.78 is 12.9. The second-order valence-electron chi connectivity index (χ2n) is 5.93. The molecular weight excluding hydrogens is 227 g/mol. The van der Waals surface area contributed by atoms with Crippen LogP contribution >= 0.6 is 0 Å². The molecule has 3 heteroatoms. The van der Waals surface area contributed by atoms with Gasteiger partial charge in [0.15, 0.2) is 0 Å². The molecule has 1 aromatic carbocycles. The molecule has 18 heavy (non-hydrogen) atoms. The van der Waals surface area contributed by atoms with Crippen molar-refractivity contribution in [3.63, 3.8) is 0 Å². The number of benzene rings is 1. The van der Waals surface area contributed by atoms with E-state index in [0.29, 0.717) is 5.92 Å². The number of nitrogens with one attached hydrogen (secondary N) is 1. The molecule has 1 aromatic rings. The van der Waals surface area contributed by atoms with Crippen LogP contribution in [0, 0.1) is 17.2 Å². The number of hydrogen-bond donors (Lipinski definition) is 1. The van der Waals surface area contributed by atoms with E-state index in [1.807, 2.05) is 19.2 Å². The number of halogens is 1. The highest BCUT2D eigenvalue weighted by Gasteiger charge is 2.35. The van der Waals surface area contributed by atoms with Crippen molar-refractivity contribution in [2.45, 2.75) is 20.3 Å². The number of nitrogens with zero attached hydrogens (tertiary/aromatic N) is 1. The maximum Gasteiger partial charge on any atom is 0.123 e. The molecule has 0 aromatic heterocycles. The Morgan fingerprint density at radius 2 is 2.00 bits per heavy atom. The molecule has 1 aliphatic rings. The lowest BCUT2D eigenvalue weighted by molar-refractivity contribution is 0.174. The maximum absolute atomic E-state index is 12.9. The molecule has 1 N–H and O–H groups in total. The van der Waals surface area contributed by atoms with Crippen LogP contribution in [0.5, 0.6) is 0 Å². The Labute approximate surface area is 109 Å². The standard InChI is InChI=1S/C15H23FN2/c1-15(2)11-18(9-8-12(15)10-17-3)14-6-4-13(16)5-7-14/h4-7,12,17H,8-11H2,1-3H3. The van der Waals surface area contributed by atoms with Gasteiger partial charge in [0.05, 0.1) is 0 Å². The molecule has 0 bridgehead atoms.